The number of ether oxygens (including phenoxy) is 1. The molecule has 3 rings (SSSR count). The van der Waals surface area contributed by atoms with Gasteiger partial charge in [-0.05, 0) is 18.8 Å². The van der Waals surface area contributed by atoms with Crippen LogP contribution >= 0.6 is 0 Å². The van der Waals surface area contributed by atoms with Gasteiger partial charge in [0.25, 0.3) is 10.2 Å². The minimum absolute atomic E-state index is 0.0853. The topological polar surface area (TPSA) is 91.4 Å². The van der Waals surface area contributed by atoms with Crippen LogP contribution in [0.25, 0.3) is 0 Å². The highest BCUT2D eigenvalue weighted by molar-refractivity contribution is 7.86. The van der Waals surface area contributed by atoms with Crippen molar-refractivity contribution in [3.05, 3.63) is 11.9 Å². The Kier molecular flexibility index (Phi) is 4.00. The third-order valence-corrected chi connectivity index (χ3v) is 6.17. The first-order valence-corrected chi connectivity index (χ1v) is 8.52. The maximum absolute atomic E-state index is 12.6. The van der Waals surface area contributed by atoms with E-state index in [1.165, 1.54) is 8.61 Å². The lowest BCUT2D eigenvalue weighted by atomic mass is 10.0. The summed E-state index contributed by atoms with van der Waals surface area (Å²) in [5.41, 5.74) is 0.740. The molecule has 0 radical (unpaired) electrons. The van der Waals surface area contributed by atoms with Crippen molar-refractivity contribution in [1.29, 1.82) is 0 Å². The van der Waals surface area contributed by atoms with Gasteiger partial charge >= 0.3 is 0 Å². The number of aromatic nitrogens is 3. The van der Waals surface area contributed by atoms with E-state index in [2.05, 4.69) is 15.4 Å². The Hall–Kier alpha value is -1.03. The molecule has 9 heteroatoms. The van der Waals surface area contributed by atoms with Crippen LogP contribution in [0.15, 0.2) is 6.20 Å². The minimum atomic E-state index is -3.43. The molecule has 1 aromatic heterocycles. The van der Waals surface area contributed by atoms with E-state index in [1.807, 2.05) is 0 Å². The van der Waals surface area contributed by atoms with E-state index in [1.54, 1.807) is 20.4 Å². The normalized spacial score (nSPS) is 27.6. The zero-order chi connectivity index (χ0) is 15.0. The van der Waals surface area contributed by atoms with Crippen LogP contribution in [0.4, 0.5) is 0 Å². The summed E-state index contributed by atoms with van der Waals surface area (Å²) in [5, 5.41) is 10.4. The monoisotopic (exact) mass is 315 g/mol. The Morgan fingerprint density at radius 1 is 1.48 bits per heavy atom. The summed E-state index contributed by atoms with van der Waals surface area (Å²) in [6, 6.07) is 0. The molecule has 1 aromatic rings. The fourth-order valence-corrected chi connectivity index (χ4v) is 4.27. The molecule has 118 valence electrons. The largest absolute Gasteiger partial charge is 0.379 e. The molecule has 1 aliphatic heterocycles. The third kappa shape index (κ3) is 2.96. The fourth-order valence-electron chi connectivity index (χ4n) is 2.80. The molecule has 0 aromatic carbocycles. The summed E-state index contributed by atoms with van der Waals surface area (Å²) in [4.78, 5) is 0. The predicted octanol–water partition coefficient (Wildman–Crippen LogP) is -0.194. The van der Waals surface area contributed by atoms with Crippen molar-refractivity contribution in [1.82, 2.24) is 24.0 Å². The first-order valence-electron chi connectivity index (χ1n) is 7.12. The SMILES string of the molecule is CO[C@@H]1CN(S(=O)(=O)N(C)CC2CC2)C[C@H]1c1cn[nH]n1. The first-order chi connectivity index (χ1) is 10.0. The lowest BCUT2D eigenvalue weighted by Crippen LogP contribution is -2.42. The van der Waals surface area contributed by atoms with Crippen LogP contribution in [0.3, 0.4) is 0 Å². The average molecular weight is 315 g/mol. The van der Waals surface area contributed by atoms with Gasteiger partial charge in [-0.1, -0.05) is 0 Å². The number of nitrogens with zero attached hydrogens (tertiary/aromatic N) is 4. The van der Waals surface area contributed by atoms with Crippen molar-refractivity contribution in [2.75, 3.05) is 33.8 Å². The minimum Gasteiger partial charge on any atom is -0.379 e. The quantitative estimate of drug-likeness (QED) is 0.785. The molecule has 0 amide bonds. The summed E-state index contributed by atoms with van der Waals surface area (Å²) in [7, 11) is -0.182. The zero-order valence-electron chi connectivity index (χ0n) is 12.3. The molecule has 0 spiro atoms. The van der Waals surface area contributed by atoms with Gasteiger partial charge in [0.1, 0.15) is 0 Å². The number of hydrogen-bond donors (Lipinski definition) is 1. The standard InChI is InChI=1S/C12H21N5O3S/c1-16(6-9-3-4-9)21(18,19)17-7-10(12(8-17)20-2)11-5-13-15-14-11/h5,9-10,12H,3-4,6-8H2,1-2H3,(H,13,14,15)/t10-,12+/m0/s1. The van der Waals surface area contributed by atoms with Crippen molar-refractivity contribution in [3.8, 4) is 0 Å². The Labute approximate surface area is 124 Å². The summed E-state index contributed by atoms with van der Waals surface area (Å²) >= 11 is 0. The first kappa shape index (κ1) is 14.9. The lowest BCUT2D eigenvalue weighted by molar-refractivity contribution is 0.101. The summed E-state index contributed by atoms with van der Waals surface area (Å²) in [6.07, 6.45) is 3.68. The second kappa shape index (κ2) is 5.64. The number of hydrogen-bond acceptors (Lipinski definition) is 5. The van der Waals surface area contributed by atoms with Gasteiger partial charge in [-0.15, -0.1) is 0 Å². The average Bonchev–Trinajstić information content (AvgIpc) is 2.97. The highest BCUT2D eigenvalue weighted by Crippen LogP contribution is 2.33. The van der Waals surface area contributed by atoms with Crippen LogP contribution in [0.1, 0.15) is 24.5 Å². The van der Waals surface area contributed by atoms with E-state index in [0.717, 1.165) is 18.5 Å². The molecule has 2 atom stereocenters. The van der Waals surface area contributed by atoms with Crippen LogP contribution < -0.4 is 0 Å². The molecule has 2 fully saturated rings. The number of aromatic amines is 1. The van der Waals surface area contributed by atoms with Gasteiger partial charge in [0.15, 0.2) is 0 Å². The molecule has 8 nitrogen and oxygen atoms in total. The van der Waals surface area contributed by atoms with E-state index in [9.17, 15) is 8.42 Å². The molecule has 1 saturated carbocycles. The van der Waals surface area contributed by atoms with E-state index < -0.39 is 10.2 Å². The van der Waals surface area contributed by atoms with Gasteiger partial charge in [0, 0.05) is 39.7 Å². The Bertz CT molecular complexity index is 572. The summed E-state index contributed by atoms with van der Waals surface area (Å²) < 4.78 is 33.6. The second-order valence-electron chi connectivity index (χ2n) is 5.82. The van der Waals surface area contributed by atoms with Gasteiger partial charge in [0.05, 0.1) is 18.0 Å². The molecular weight excluding hydrogens is 294 g/mol. The highest BCUT2D eigenvalue weighted by Gasteiger charge is 2.43. The van der Waals surface area contributed by atoms with Crippen LogP contribution in [0.5, 0.6) is 0 Å². The lowest BCUT2D eigenvalue weighted by Gasteiger charge is -2.23. The maximum atomic E-state index is 12.6. The molecule has 2 heterocycles. The van der Waals surface area contributed by atoms with Crippen molar-refractivity contribution >= 4 is 10.2 Å². The van der Waals surface area contributed by atoms with Crippen LogP contribution in [-0.4, -0.2) is 72.3 Å². The van der Waals surface area contributed by atoms with Gasteiger partial charge in [-0.25, -0.2) is 0 Å². The number of nitrogens with one attached hydrogen (secondary N) is 1. The molecule has 21 heavy (non-hydrogen) atoms. The molecule has 1 aliphatic carbocycles. The Balaban J connectivity index is 1.74. The third-order valence-electron chi connectivity index (χ3n) is 4.28. The number of H-pyrrole nitrogens is 1. The molecule has 0 unspecified atom stereocenters. The van der Waals surface area contributed by atoms with Crippen LogP contribution in [0, 0.1) is 5.92 Å². The fraction of sp³-hybridized carbons (Fsp3) is 0.833. The summed E-state index contributed by atoms with van der Waals surface area (Å²) in [5.74, 6) is 0.440. The highest BCUT2D eigenvalue weighted by atomic mass is 32.2. The molecule has 1 saturated heterocycles. The number of rotatable bonds is 6. The van der Waals surface area contributed by atoms with Gasteiger partial charge in [0.2, 0.25) is 0 Å². The van der Waals surface area contributed by atoms with Crippen molar-refractivity contribution in [2.24, 2.45) is 5.92 Å². The van der Waals surface area contributed by atoms with E-state index in [4.69, 9.17) is 4.74 Å². The Morgan fingerprint density at radius 3 is 2.81 bits per heavy atom. The second-order valence-corrected chi connectivity index (χ2v) is 7.86. The smallest absolute Gasteiger partial charge is 0.281 e. The molecular formula is C12H21N5O3S. The maximum Gasteiger partial charge on any atom is 0.281 e. The van der Waals surface area contributed by atoms with Crippen molar-refractivity contribution in [2.45, 2.75) is 24.9 Å². The van der Waals surface area contributed by atoms with E-state index in [-0.39, 0.29) is 12.0 Å². The van der Waals surface area contributed by atoms with Gasteiger partial charge in [-0.2, -0.15) is 32.4 Å². The Morgan fingerprint density at radius 2 is 2.24 bits per heavy atom. The van der Waals surface area contributed by atoms with Crippen molar-refractivity contribution < 1.29 is 13.2 Å². The molecule has 1 N–H and O–H groups in total. The molecule has 2 aliphatic rings. The van der Waals surface area contributed by atoms with Crippen molar-refractivity contribution in [3.63, 3.8) is 0 Å². The van der Waals surface area contributed by atoms with E-state index >= 15 is 0 Å². The predicted molar refractivity (Wildman–Crippen MR) is 75.8 cm³/mol. The summed E-state index contributed by atoms with van der Waals surface area (Å²) in [6.45, 7) is 1.33. The van der Waals surface area contributed by atoms with Gasteiger partial charge < -0.3 is 4.74 Å². The van der Waals surface area contributed by atoms with Crippen LogP contribution in [0.2, 0.25) is 0 Å². The zero-order valence-corrected chi connectivity index (χ0v) is 13.1. The van der Waals surface area contributed by atoms with E-state index in [0.29, 0.717) is 25.6 Å². The van der Waals surface area contributed by atoms with Gasteiger partial charge in [-0.3, -0.25) is 0 Å². The van der Waals surface area contributed by atoms with Crippen LogP contribution in [-0.2, 0) is 14.9 Å². The number of methoxy groups -OCH3 is 1. The molecule has 0 bridgehead atoms.